The van der Waals surface area contributed by atoms with Crippen LogP contribution in [-0.2, 0) is 0 Å². The molecule has 164 valence electrons. The van der Waals surface area contributed by atoms with E-state index in [-0.39, 0.29) is 16.3 Å². The molecule has 1 aliphatic heterocycles. The van der Waals surface area contributed by atoms with Crippen molar-refractivity contribution in [3.8, 4) is 56.5 Å². The molecule has 0 spiro atoms. The number of rotatable bonds is 3. The quantitative estimate of drug-likeness (QED) is 0.261. The van der Waals surface area contributed by atoms with E-state index in [1.165, 1.54) is 0 Å². The third-order valence-corrected chi connectivity index (χ3v) is 5.07. The second-order valence-electron chi connectivity index (χ2n) is 7.13. The highest BCUT2D eigenvalue weighted by Crippen LogP contribution is 2.47. The summed E-state index contributed by atoms with van der Waals surface area (Å²) < 4.78 is 177. The molecule has 0 radical (unpaired) electrons. The van der Waals surface area contributed by atoms with Crippen LogP contribution in [0.4, 0.5) is 0 Å². The van der Waals surface area contributed by atoms with Crippen LogP contribution in [0.1, 0.15) is 27.4 Å². The van der Waals surface area contributed by atoms with E-state index in [9.17, 15) is 2.74 Å². The lowest BCUT2D eigenvalue weighted by Gasteiger charge is -2.22. The maximum atomic E-state index is 9.42. The van der Waals surface area contributed by atoms with E-state index in [4.69, 9.17) is 29.4 Å². The molecule has 0 atom stereocenters. The summed E-state index contributed by atoms with van der Waals surface area (Å²) in [5.41, 5.74) is -4.33. The molecule has 1 aromatic heterocycles. The van der Waals surface area contributed by atoms with Gasteiger partial charge in [-0.05, 0) is 41.2 Å². The predicted molar refractivity (Wildman–Crippen MR) is 141 cm³/mol. The topological polar surface area (TPSA) is 35.0 Å². The second-order valence-corrected chi connectivity index (χ2v) is 7.13. The van der Waals surface area contributed by atoms with E-state index in [0.717, 1.165) is 0 Å². The molecular weight excluding hydrogens is 428 g/mol. The van der Waals surface area contributed by atoms with E-state index in [2.05, 4.69) is 9.97 Å². The number of hydrogen-bond acceptors (Lipinski definition) is 3. The first-order chi connectivity index (χ1) is 25.7. The van der Waals surface area contributed by atoms with Crippen LogP contribution in [0.15, 0.2) is 121 Å². The Morgan fingerprint density at radius 2 is 1.20 bits per heavy atom. The van der Waals surface area contributed by atoms with E-state index < -0.39 is 172 Å². The fraction of sp³-hybridized carbons (Fsp3) is 0. The Labute approximate surface area is 231 Å². The summed E-state index contributed by atoms with van der Waals surface area (Å²) in [7, 11) is 0. The van der Waals surface area contributed by atoms with E-state index in [0.29, 0.717) is 0 Å². The van der Waals surface area contributed by atoms with Crippen molar-refractivity contribution in [3.63, 3.8) is 0 Å². The number of ether oxygens (including phenoxy) is 1. The maximum Gasteiger partial charge on any atom is 0.160 e. The molecule has 3 heteroatoms. The smallest absolute Gasteiger partial charge is 0.160 e. The molecule has 5 aromatic carbocycles. The van der Waals surface area contributed by atoms with E-state index in [1.54, 1.807) is 0 Å². The van der Waals surface area contributed by atoms with Gasteiger partial charge < -0.3 is 4.74 Å². The van der Waals surface area contributed by atoms with Crippen molar-refractivity contribution < 1.29 is 32.2 Å². The van der Waals surface area contributed by atoms with Crippen molar-refractivity contribution in [2.75, 3.05) is 0 Å². The van der Waals surface area contributed by atoms with Gasteiger partial charge in [0.25, 0.3) is 0 Å². The number of nitrogens with zero attached hydrogens (tertiary/aromatic N) is 2. The Hall–Kier alpha value is -4.76. The summed E-state index contributed by atoms with van der Waals surface area (Å²) in [5, 5.41) is -0.634. The summed E-state index contributed by atoms with van der Waals surface area (Å²) >= 11 is 0. The zero-order valence-electron chi connectivity index (χ0n) is 37.3. The van der Waals surface area contributed by atoms with Crippen LogP contribution < -0.4 is 4.74 Å². The molecule has 2 heterocycles. The third kappa shape index (κ3) is 3.37. The summed E-state index contributed by atoms with van der Waals surface area (Å²) in [6.45, 7) is 0. The predicted octanol–water partition coefficient (Wildman–Crippen LogP) is 8.40. The van der Waals surface area contributed by atoms with Gasteiger partial charge in [0.05, 0.1) is 38.8 Å². The molecule has 1 aliphatic rings. The van der Waals surface area contributed by atoms with Gasteiger partial charge in [0.2, 0.25) is 0 Å². The summed E-state index contributed by atoms with van der Waals surface area (Å²) in [5.74, 6) is -1.79. The van der Waals surface area contributed by atoms with Gasteiger partial charge in [0.15, 0.2) is 5.82 Å². The number of benzene rings is 5. The molecule has 0 saturated heterocycles. The highest BCUT2D eigenvalue weighted by atomic mass is 16.5. The van der Waals surface area contributed by atoms with Gasteiger partial charge in [-0.2, -0.15) is 0 Å². The van der Waals surface area contributed by atoms with Crippen molar-refractivity contribution in [2.45, 2.75) is 0 Å². The van der Waals surface area contributed by atoms with Gasteiger partial charge in [-0.25, -0.2) is 9.97 Å². The molecule has 0 saturated carbocycles. The number of aromatic nitrogens is 2. The Balaban J connectivity index is 1.69. The monoisotopic (exact) mass is 468 g/mol. The van der Waals surface area contributed by atoms with Crippen LogP contribution in [0.3, 0.4) is 0 Å². The average Bonchev–Trinajstić information content (AvgIpc) is 3.15. The lowest BCUT2D eigenvalue weighted by atomic mass is 9.93. The fourth-order valence-corrected chi connectivity index (χ4v) is 3.56. The Morgan fingerprint density at radius 3 is 1.97 bits per heavy atom. The average molecular weight is 469 g/mol. The molecule has 0 N–H and O–H groups in total. The lowest BCUT2D eigenvalue weighted by Crippen LogP contribution is -1.99. The minimum Gasteiger partial charge on any atom is -0.456 e. The molecule has 6 aromatic rings. The highest BCUT2D eigenvalue weighted by Gasteiger charge is 2.21. The standard InChI is InChI=1S/C32H20N2O/c1-3-9-21(10-4-1)27-20-28(34-32(33-27)23-11-5-2-6-12-23)24-17-18-29-26(19-24)25-15-7-13-22-14-8-16-30(35-29)31(22)25/h1-20H/i1D,2D,3D,4D,5D,6D,7D,8D,9D,10D,11D,12D,13D,14D,15D,16D,17D,18D,19D,20D. The van der Waals surface area contributed by atoms with Crippen LogP contribution in [-0.4, -0.2) is 9.97 Å². The van der Waals surface area contributed by atoms with Crippen molar-refractivity contribution in [3.05, 3.63) is 121 Å². The van der Waals surface area contributed by atoms with E-state index in [1.807, 2.05) is 0 Å². The lowest BCUT2D eigenvalue weighted by molar-refractivity contribution is 0.487. The zero-order chi connectivity index (χ0) is 40.6. The first-order valence-electron chi connectivity index (χ1n) is 20.1. The van der Waals surface area contributed by atoms with Gasteiger partial charge >= 0.3 is 0 Å². The van der Waals surface area contributed by atoms with Gasteiger partial charge in [0.1, 0.15) is 11.5 Å². The van der Waals surface area contributed by atoms with Gasteiger partial charge in [-0.3, -0.25) is 0 Å². The molecule has 7 rings (SSSR count). The van der Waals surface area contributed by atoms with Crippen LogP contribution >= 0.6 is 0 Å². The molecule has 0 aliphatic carbocycles. The largest absolute Gasteiger partial charge is 0.456 e. The molecule has 35 heavy (non-hydrogen) atoms. The number of fused-ring (bicyclic) bond motifs is 2. The Kier molecular flexibility index (Phi) is 1.85. The second kappa shape index (κ2) is 7.93. The summed E-state index contributed by atoms with van der Waals surface area (Å²) in [4.78, 5) is 8.47. The maximum absolute atomic E-state index is 9.42. The molecule has 0 amide bonds. The molecule has 3 nitrogen and oxygen atoms in total. The van der Waals surface area contributed by atoms with E-state index >= 15 is 0 Å². The van der Waals surface area contributed by atoms with Crippen molar-refractivity contribution in [2.24, 2.45) is 0 Å². The van der Waals surface area contributed by atoms with Crippen molar-refractivity contribution in [1.82, 2.24) is 9.97 Å². The summed E-state index contributed by atoms with van der Waals surface area (Å²) in [6, 6.07) is -15.8. The van der Waals surface area contributed by atoms with Crippen molar-refractivity contribution in [1.29, 1.82) is 0 Å². The minimum atomic E-state index is -0.882. The van der Waals surface area contributed by atoms with Crippen LogP contribution in [0.25, 0.3) is 55.8 Å². The van der Waals surface area contributed by atoms with Gasteiger partial charge in [-0.15, -0.1) is 0 Å². The SMILES string of the molecule is [2H]c1c(-c2c([2H])c([2H])c([2H])c([2H])c2[2H])nc(-c2c([2H])c([2H])c([2H])c([2H])c2[2H])nc1-c1c([2H])c([2H])c2c(c1[2H])-c1c([2H])c([2H])c([2H])c3c([2H])c([2H])c([2H])c(c13)O2. The van der Waals surface area contributed by atoms with Gasteiger partial charge in [-0.1, -0.05) is 90.6 Å². The van der Waals surface area contributed by atoms with Crippen LogP contribution in [0, 0.1) is 0 Å². The minimum absolute atomic E-state index is 0.269. The van der Waals surface area contributed by atoms with Crippen molar-refractivity contribution >= 4 is 10.8 Å². The van der Waals surface area contributed by atoms with Crippen LogP contribution in [0.2, 0.25) is 0 Å². The first kappa shape index (κ1) is 8.17. The first-order valence-corrected chi connectivity index (χ1v) is 10.1. The Morgan fingerprint density at radius 1 is 0.514 bits per heavy atom. The van der Waals surface area contributed by atoms with Crippen LogP contribution in [0.5, 0.6) is 11.5 Å². The molecular formula is C32H20N2O. The van der Waals surface area contributed by atoms with Gasteiger partial charge in [0, 0.05) is 27.6 Å². The molecule has 0 fully saturated rings. The third-order valence-electron chi connectivity index (χ3n) is 5.07. The normalized spacial score (nSPS) is 19.7. The Bertz CT molecular complexity index is 2740. The highest BCUT2D eigenvalue weighted by molar-refractivity contribution is 6.04. The molecule has 0 unspecified atom stereocenters. The fourth-order valence-electron chi connectivity index (χ4n) is 3.56. The summed E-state index contributed by atoms with van der Waals surface area (Å²) in [6.07, 6.45) is 0. The zero-order valence-corrected chi connectivity index (χ0v) is 17.3. The molecule has 0 bridgehead atoms. The number of hydrogen-bond donors (Lipinski definition) is 0.